The van der Waals surface area contributed by atoms with E-state index in [0.717, 1.165) is 6.42 Å². The number of hydrogen-bond donors (Lipinski definition) is 2. The molecule has 3 N–H and O–H groups in total. The van der Waals surface area contributed by atoms with Crippen LogP contribution in [0.25, 0.3) is 0 Å². The van der Waals surface area contributed by atoms with E-state index in [2.05, 4.69) is 19.2 Å². The summed E-state index contributed by atoms with van der Waals surface area (Å²) in [6.07, 6.45) is 0.799. The van der Waals surface area contributed by atoms with Crippen LogP contribution in [0.2, 0.25) is 0 Å². The zero-order valence-corrected chi connectivity index (χ0v) is 17.2. The van der Waals surface area contributed by atoms with Gasteiger partial charge in [-0.15, -0.1) is 12.4 Å². The van der Waals surface area contributed by atoms with Crippen molar-refractivity contribution in [3.63, 3.8) is 0 Å². The van der Waals surface area contributed by atoms with E-state index in [1.54, 1.807) is 20.9 Å². The van der Waals surface area contributed by atoms with Gasteiger partial charge in [-0.25, -0.2) is 8.42 Å². The lowest BCUT2D eigenvalue weighted by atomic mass is 10.0. The van der Waals surface area contributed by atoms with Gasteiger partial charge in [-0.3, -0.25) is 4.79 Å². The molecule has 0 aliphatic rings. The molecule has 0 radical (unpaired) electrons. The lowest BCUT2D eigenvalue weighted by molar-refractivity contribution is 0.0933. The maximum Gasteiger partial charge on any atom is 0.251 e. The fraction of sp³-hybridized carbons (Fsp3) is 0.588. The van der Waals surface area contributed by atoms with Gasteiger partial charge in [-0.2, -0.15) is 4.31 Å². The van der Waals surface area contributed by atoms with Crippen molar-refractivity contribution in [3.8, 4) is 0 Å². The zero-order valence-electron chi connectivity index (χ0n) is 15.5. The van der Waals surface area contributed by atoms with E-state index in [1.165, 1.54) is 28.6 Å². The third-order valence-corrected chi connectivity index (χ3v) is 5.94. The Morgan fingerprint density at radius 2 is 1.68 bits per heavy atom. The molecule has 0 saturated heterocycles. The molecule has 0 aliphatic carbocycles. The van der Waals surface area contributed by atoms with Crippen molar-refractivity contribution in [1.29, 1.82) is 0 Å². The third-order valence-electron chi connectivity index (χ3n) is 3.90. The minimum atomic E-state index is -3.54. The molecule has 0 bridgehead atoms. The number of sulfonamides is 1. The lowest BCUT2D eigenvalue weighted by Crippen LogP contribution is -2.41. The number of rotatable bonds is 8. The average Bonchev–Trinajstić information content (AvgIpc) is 2.52. The summed E-state index contributed by atoms with van der Waals surface area (Å²) in [7, 11) is -2.00. The van der Waals surface area contributed by atoms with Crippen LogP contribution in [0, 0.1) is 5.92 Å². The van der Waals surface area contributed by atoms with Gasteiger partial charge in [-0.05, 0) is 50.5 Å². The second kappa shape index (κ2) is 10.1. The van der Waals surface area contributed by atoms with Crippen LogP contribution in [0.15, 0.2) is 29.2 Å². The summed E-state index contributed by atoms with van der Waals surface area (Å²) in [5.41, 5.74) is 6.11. The van der Waals surface area contributed by atoms with Gasteiger partial charge < -0.3 is 11.1 Å². The highest BCUT2D eigenvalue weighted by Crippen LogP contribution is 2.17. The number of nitrogens with two attached hydrogens (primary N) is 1. The fourth-order valence-electron chi connectivity index (χ4n) is 2.27. The molecular weight excluding hydrogens is 362 g/mol. The molecule has 0 saturated carbocycles. The Labute approximate surface area is 157 Å². The van der Waals surface area contributed by atoms with Crippen molar-refractivity contribution in [3.05, 3.63) is 29.8 Å². The van der Waals surface area contributed by atoms with E-state index in [1.807, 2.05) is 0 Å². The molecule has 1 amide bonds. The van der Waals surface area contributed by atoms with Gasteiger partial charge in [0, 0.05) is 31.2 Å². The molecule has 8 heteroatoms. The first-order chi connectivity index (χ1) is 11.1. The number of halogens is 1. The number of carbonyl (C=O) groups excluding carboxylic acids is 1. The standard InChI is InChI=1S/C17H29N3O3S.ClH/c1-12(2)10-15(11-18)19-17(21)14-6-8-16(9-7-14)24(22,23)20(5)13(3)4;/h6-9,12-13,15H,10-11,18H2,1-5H3,(H,19,21);1H. The molecule has 1 unspecified atom stereocenters. The predicted molar refractivity (Wildman–Crippen MR) is 104 cm³/mol. The molecule has 0 spiro atoms. The van der Waals surface area contributed by atoms with Gasteiger partial charge in [-0.1, -0.05) is 13.8 Å². The van der Waals surface area contributed by atoms with E-state index in [4.69, 9.17) is 5.73 Å². The van der Waals surface area contributed by atoms with Crippen LogP contribution in [0.3, 0.4) is 0 Å². The van der Waals surface area contributed by atoms with Crippen LogP contribution >= 0.6 is 12.4 Å². The molecule has 1 aromatic rings. The average molecular weight is 392 g/mol. The maximum absolute atomic E-state index is 12.4. The highest BCUT2D eigenvalue weighted by Gasteiger charge is 2.23. The Hall–Kier alpha value is -1.15. The first-order valence-electron chi connectivity index (χ1n) is 8.18. The third kappa shape index (κ3) is 6.58. The highest BCUT2D eigenvalue weighted by atomic mass is 35.5. The Kier molecular flexibility index (Phi) is 9.64. The number of carbonyl (C=O) groups is 1. The van der Waals surface area contributed by atoms with Crippen molar-refractivity contribution in [2.24, 2.45) is 11.7 Å². The van der Waals surface area contributed by atoms with Crippen LogP contribution in [-0.4, -0.2) is 44.3 Å². The van der Waals surface area contributed by atoms with Gasteiger partial charge in [0.2, 0.25) is 10.0 Å². The van der Waals surface area contributed by atoms with Crippen molar-refractivity contribution in [2.75, 3.05) is 13.6 Å². The molecule has 25 heavy (non-hydrogen) atoms. The normalized spacial score (nSPS) is 13.0. The minimum absolute atomic E-state index is 0. The first kappa shape index (κ1) is 23.9. The monoisotopic (exact) mass is 391 g/mol. The quantitative estimate of drug-likeness (QED) is 0.710. The summed E-state index contributed by atoms with van der Waals surface area (Å²) in [6, 6.07) is 5.75. The van der Waals surface area contributed by atoms with E-state index in [-0.39, 0.29) is 35.3 Å². The van der Waals surface area contributed by atoms with Gasteiger partial charge >= 0.3 is 0 Å². The first-order valence-corrected chi connectivity index (χ1v) is 9.62. The summed E-state index contributed by atoms with van der Waals surface area (Å²) in [5.74, 6) is 0.185. The zero-order chi connectivity index (χ0) is 18.5. The number of nitrogens with zero attached hydrogens (tertiary/aromatic N) is 1. The number of amides is 1. The molecule has 1 atom stereocenters. The molecule has 144 valence electrons. The van der Waals surface area contributed by atoms with Crippen molar-refractivity contribution in [1.82, 2.24) is 9.62 Å². The lowest BCUT2D eigenvalue weighted by Gasteiger charge is -2.21. The number of benzene rings is 1. The maximum atomic E-state index is 12.4. The minimum Gasteiger partial charge on any atom is -0.348 e. The molecule has 0 aliphatic heterocycles. The summed E-state index contributed by atoms with van der Waals surface area (Å²) in [5, 5.41) is 2.89. The molecule has 0 aromatic heterocycles. The van der Waals surface area contributed by atoms with Gasteiger partial charge in [0.25, 0.3) is 5.91 Å². The van der Waals surface area contributed by atoms with Crippen molar-refractivity contribution in [2.45, 2.75) is 51.1 Å². The predicted octanol–water partition coefficient (Wildman–Crippen LogP) is 2.24. The van der Waals surface area contributed by atoms with Gasteiger partial charge in [0.15, 0.2) is 0 Å². The largest absolute Gasteiger partial charge is 0.348 e. The van der Waals surface area contributed by atoms with Crippen LogP contribution < -0.4 is 11.1 Å². The second-order valence-corrected chi connectivity index (χ2v) is 8.67. The molecular formula is C17H30ClN3O3S. The fourth-order valence-corrected chi connectivity index (χ4v) is 3.64. The van der Waals surface area contributed by atoms with Gasteiger partial charge in [0.1, 0.15) is 0 Å². The molecule has 1 aromatic carbocycles. The number of hydrogen-bond acceptors (Lipinski definition) is 4. The summed E-state index contributed by atoms with van der Waals surface area (Å²) < 4.78 is 26.1. The van der Waals surface area contributed by atoms with Crippen LogP contribution in [0.5, 0.6) is 0 Å². The molecule has 6 nitrogen and oxygen atoms in total. The Morgan fingerprint density at radius 3 is 2.08 bits per heavy atom. The number of nitrogens with one attached hydrogen (secondary N) is 1. The summed E-state index contributed by atoms with van der Waals surface area (Å²) in [6.45, 7) is 8.12. The van der Waals surface area contributed by atoms with E-state index in [0.29, 0.717) is 18.0 Å². The molecule has 0 fully saturated rings. The summed E-state index contributed by atoms with van der Waals surface area (Å²) >= 11 is 0. The van der Waals surface area contributed by atoms with Crippen LogP contribution in [0.1, 0.15) is 44.5 Å². The van der Waals surface area contributed by atoms with Crippen LogP contribution in [0.4, 0.5) is 0 Å². The Bertz CT molecular complexity index is 646. The smallest absolute Gasteiger partial charge is 0.251 e. The SMILES string of the molecule is CC(C)CC(CN)NC(=O)c1ccc(S(=O)(=O)N(C)C(C)C)cc1.Cl. The Balaban J connectivity index is 0.00000576. The van der Waals surface area contributed by atoms with E-state index in [9.17, 15) is 13.2 Å². The Morgan fingerprint density at radius 1 is 1.16 bits per heavy atom. The van der Waals surface area contributed by atoms with Gasteiger partial charge in [0.05, 0.1) is 4.90 Å². The van der Waals surface area contributed by atoms with Crippen LogP contribution in [-0.2, 0) is 10.0 Å². The molecule has 1 rings (SSSR count). The van der Waals surface area contributed by atoms with Crippen molar-refractivity contribution >= 4 is 28.3 Å². The topological polar surface area (TPSA) is 92.5 Å². The van der Waals surface area contributed by atoms with Crippen molar-refractivity contribution < 1.29 is 13.2 Å². The van der Waals surface area contributed by atoms with E-state index < -0.39 is 10.0 Å². The molecule has 0 heterocycles. The van der Waals surface area contributed by atoms with E-state index >= 15 is 0 Å². The second-order valence-electron chi connectivity index (χ2n) is 6.68. The highest BCUT2D eigenvalue weighted by molar-refractivity contribution is 7.89. The summed E-state index contributed by atoms with van der Waals surface area (Å²) in [4.78, 5) is 12.4.